The first-order valence-corrected chi connectivity index (χ1v) is 5.84. The molecule has 1 aromatic rings. The van der Waals surface area contributed by atoms with Gasteiger partial charge >= 0.3 is 0 Å². The van der Waals surface area contributed by atoms with Crippen LogP contribution in [0.4, 0.5) is 0 Å². The van der Waals surface area contributed by atoms with Gasteiger partial charge < -0.3 is 9.84 Å². The van der Waals surface area contributed by atoms with Gasteiger partial charge in [-0.2, -0.15) is 0 Å². The summed E-state index contributed by atoms with van der Waals surface area (Å²) in [5, 5.41) is 10.1. The fourth-order valence-corrected chi connectivity index (χ4v) is 2.40. The molecule has 88 valence electrons. The van der Waals surface area contributed by atoms with Crippen molar-refractivity contribution in [3.63, 3.8) is 0 Å². The summed E-state index contributed by atoms with van der Waals surface area (Å²) in [6.45, 7) is 0. The summed E-state index contributed by atoms with van der Waals surface area (Å²) >= 11 is 0. The smallest absolute Gasteiger partial charge is 0.238 e. The minimum absolute atomic E-state index is 0.438. The van der Waals surface area contributed by atoms with Crippen LogP contribution in [-0.4, -0.2) is 22.2 Å². The van der Waals surface area contributed by atoms with E-state index in [1.54, 1.807) is 19.5 Å². The Morgan fingerprint density at radius 1 is 1.38 bits per heavy atom. The number of aromatic nitrogens is 2. The number of aliphatic hydroxyl groups excluding tert-OH is 1. The van der Waals surface area contributed by atoms with Crippen LogP contribution in [-0.2, 0) is 0 Å². The first-order valence-electron chi connectivity index (χ1n) is 5.84. The standard InChI is InChI=1S/C12H18N2O2/c1-16-12-11(13-6-7-14-12)10(15)8-9-4-2-3-5-9/h6-7,9-10,15H,2-5,8H2,1H3. The molecule has 1 N–H and O–H groups in total. The average Bonchev–Trinajstić information content (AvgIpc) is 2.81. The second kappa shape index (κ2) is 5.25. The van der Waals surface area contributed by atoms with Crippen molar-refractivity contribution in [3.8, 4) is 5.88 Å². The van der Waals surface area contributed by atoms with Crippen molar-refractivity contribution >= 4 is 0 Å². The van der Waals surface area contributed by atoms with Gasteiger partial charge in [-0.05, 0) is 12.3 Å². The number of methoxy groups -OCH3 is 1. The van der Waals surface area contributed by atoms with E-state index in [9.17, 15) is 5.11 Å². The molecule has 0 amide bonds. The van der Waals surface area contributed by atoms with Gasteiger partial charge in [0.2, 0.25) is 5.88 Å². The molecular weight excluding hydrogens is 204 g/mol. The van der Waals surface area contributed by atoms with Crippen molar-refractivity contribution in [3.05, 3.63) is 18.1 Å². The number of nitrogens with zero attached hydrogens (tertiary/aromatic N) is 2. The van der Waals surface area contributed by atoms with Gasteiger partial charge in [0, 0.05) is 12.4 Å². The number of rotatable bonds is 4. The van der Waals surface area contributed by atoms with E-state index in [4.69, 9.17) is 4.74 Å². The maximum absolute atomic E-state index is 10.1. The molecule has 0 bridgehead atoms. The molecule has 1 heterocycles. The summed E-state index contributed by atoms with van der Waals surface area (Å²) in [4.78, 5) is 8.20. The summed E-state index contributed by atoms with van der Waals surface area (Å²) in [7, 11) is 1.55. The zero-order valence-corrected chi connectivity index (χ0v) is 9.59. The first-order chi connectivity index (χ1) is 7.81. The third kappa shape index (κ3) is 2.50. The summed E-state index contributed by atoms with van der Waals surface area (Å²) in [6.07, 6.45) is 8.41. The largest absolute Gasteiger partial charge is 0.480 e. The van der Waals surface area contributed by atoms with Crippen molar-refractivity contribution in [2.75, 3.05) is 7.11 Å². The Kier molecular flexibility index (Phi) is 3.72. The Labute approximate surface area is 95.7 Å². The minimum Gasteiger partial charge on any atom is -0.480 e. The van der Waals surface area contributed by atoms with Crippen LogP contribution < -0.4 is 4.74 Å². The Morgan fingerprint density at radius 3 is 2.75 bits per heavy atom. The topological polar surface area (TPSA) is 55.2 Å². The predicted molar refractivity (Wildman–Crippen MR) is 60.1 cm³/mol. The highest BCUT2D eigenvalue weighted by Crippen LogP contribution is 2.34. The molecule has 1 atom stereocenters. The van der Waals surface area contributed by atoms with Crippen LogP contribution in [0.15, 0.2) is 12.4 Å². The molecule has 0 radical (unpaired) electrons. The van der Waals surface area contributed by atoms with Crippen LogP contribution in [0, 0.1) is 5.92 Å². The fraction of sp³-hybridized carbons (Fsp3) is 0.667. The number of ether oxygens (including phenoxy) is 1. The Balaban J connectivity index is 2.04. The molecule has 1 aliphatic rings. The molecule has 2 rings (SSSR count). The van der Waals surface area contributed by atoms with Crippen LogP contribution in [0.3, 0.4) is 0 Å². The van der Waals surface area contributed by atoms with Gasteiger partial charge in [-0.25, -0.2) is 4.98 Å². The van der Waals surface area contributed by atoms with Crippen molar-refractivity contribution < 1.29 is 9.84 Å². The molecule has 0 spiro atoms. The molecule has 1 fully saturated rings. The molecule has 1 aromatic heterocycles. The second-order valence-corrected chi connectivity index (χ2v) is 4.35. The summed E-state index contributed by atoms with van der Waals surface area (Å²) in [5.74, 6) is 1.06. The first kappa shape index (κ1) is 11.3. The summed E-state index contributed by atoms with van der Waals surface area (Å²) in [5.41, 5.74) is 0.567. The Hall–Kier alpha value is -1.16. The van der Waals surface area contributed by atoms with E-state index >= 15 is 0 Å². The lowest BCUT2D eigenvalue weighted by atomic mass is 9.98. The van der Waals surface area contributed by atoms with Gasteiger partial charge in [0.1, 0.15) is 11.8 Å². The highest BCUT2D eigenvalue weighted by Gasteiger charge is 2.23. The van der Waals surface area contributed by atoms with Crippen LogP contribution in [0.2, 0.25) is 0 Å². The predicted octanol–water partition coefficient (Wildman–Crippen LogP) is 2.10. The van der Waals surface area contributed by atoms with E-state index in [1.165, 1.54) is 25.7 Å². The minimum atomic E-state index is -0.549. The van der Waals surface area contributed by atoms with Gasteiger partial charge in [0.25, 0.3) is 0 Å². The maximum atomic E-state index is 10.1. The van der Waals surface area contributed by atoms with Gasteiger partial charge in [-0.15, -0.1) is 0 Å². The molecule has 0 aliphatic heterocycles. The Morgan fingerprint density at radius 2 is 2.06 bits per heavy atom. The number of hydrogen-bond donors (Lipinski definition) is 1. The highest BCUT2D eigenvalue weighted by molar-refractivity contribution is 5.19. The van der Waals surface area contributed by atoms with E-state index < -0.39 is 6.10 Å². The van der Waals surface area contributed by atoms with Crippen LogP contribution >= 0.6 is 0 Å². The third-order valence-electron chi connectivity index (χ3n) is 3.23. The van der Waals surface area contributed by atoms with Crippen molar-refractivity contribution in [1.82, 2.24) is 9.97 Å². The normalized spacial score (nSPS) is 18.6. The monoisotopic (exact) mass is 222 g/mol. The fourth-order valence-electron chi connectivity index (χ4n) is 2.40. The summed E-state index contributed by atoms with van der Waals surface area (Å²) < 4.78 is 5.10. The van der Waals surface area contributed by atoms with E-state index in [2.05, 4.69) is 9.97 Å². The van der Waals surface area contributed by atoms with Gasteiger partial charge in [-0.3, -0.25) is 4.98 Å². The quantitative estimate of drug-likeness (QED) is 0.847. The molecule has 4 nitrogen and oxygen atoms in total. The van der Waals surface area contributed by atoms with Gasteiger partial charge in [0.15, 0.2) is 0 Å². The molecule has 1 unspecified atom stereocenters. The lowest BCUT2D eigenvalue weighted by molar-refractivity contribution is 0.136. The Bertz CT molecular complexity index is 338. The lowest BCUT2D eigenvalue weighted by Gasteiger charge is -2.16. The van der Waals surface area contributed by atoms with Crippen molar-refractivity contribution in [2.24, 2.45) is 5.92 Å². The van der Waals surface area contributed by atoms with Crippen LogP contribution in [0.25, 0.3) is 0 Å². The summed E-state index contributed by atoms with van der Waals surface area (Å²) in [6, 6.07) is 0. The highest BCUT2D eigenvalue weighted by atomic mass is 16.5. The van der Waals surface area contributed by atoms with Crippen molar-refractivity contribution in [1.29, 1.82) is 0 Å². The zero-order valence-electron chi connectivity index (χ0n) is 9.59. The third-order valence-corrected chi connectivity index (χ3v) is 3.23. The maximum Gasteiger partial charge on any atom is 0.238 e. The number of hydrogen-bond acceptors (Lipinski definition) is 4. The van der Waals surface area contributed by atoms with Gasteiger partial charge in [-0.1, -0.05) is 25.7 Å². The van der Waals surface area contributed by atoms with Gasteiger partial charge in [0.05, 0.1) is 7.11 Å². The lowest BCUT2D eigenvalue weighted by Crippen LogP contribution is -2.08. The van der Waals surface area contributed by atoms with E-state index in [0.717, 1.165) is 6.42 Å². The zero-order chi connectivity index (χ0) is 11.4. The SMILES string of the molecule is COc1nccnc1C(O)CC1CCCC1. The molecule has 1 aliphatic carbocycles. The molecule has 1 saturated carbocycles. The molecule has 0 saturated heterocycles. The molecule has 4 heteroatoms. The van der Waals surface area contributed by atoms with Crippen molar-refractivity contribution in [2.45, 2.75) is 38.2 Å². The average molecular weight is 222 g/mol. The molecule has 0 aromatic carbocycles. The van der Waals surface area contributed by atoms with Crippen LogP contribution in [0.1, 0.15) is 43.9 Å². The van der Waals surface area contributed by atoms with E-state index in [-0.39, 0.29) is 0 Å². The second-order valence-electron chi connectivity index (χ2n) is 4.35. The molecular formula is C12H18N2O2. The van der Waals surface area contributed by atoms with E-state index in [1.807, 2.05) is 0 Å². The van der Waals surface area contributed by atoms with Crippen LogP contribution in [0.5, 0.6) is 5.88 Å². The molecule has 16 heavy (non-hydrogen) atoms. The van der Waals surface area contributed by atoms with E-state index in [0.29, 0.717) is 17.5 Å². The number of aliphatic hydroxyl groups is 1.